The standard InChI is InChI=1S/C11H17N3O/c1-7(13-8-4-5-8)11(2)6-9(12-3)14-10(11)15/h8H,4-6H2,1-3H3,(H,12,14,15). The average molecular weight is 207 g/mol. The molecule has 1 atom stereocenters. The highest BCUT2D eigenvalue weighted by molar-refractivity contribution is 6.19. The van der Waals surface area contributed by atoms with E-state index in [2.05, 4.69) is 15.3 Å². The summed E-state index contributed by atoms with van der Waals surface area (Å²) >= 11 is 0. The fourth-order valence-corrected chi connectivity index (χ4v) is 1.78. The van der Waals surface area contributed by atoms with Gasteiger partial charge < -0.3 is 5.32 Å². The van der Waals surface area contributed by atoms with Gasteiger partial charge in [-0.2, -0.15) is 0 Å². The minimum atomic E-state index is -0.475. The molecule has 4 nitrogen and oxygen atoms in total. The highest BCUT2D eigenvalue weighted by atomic mass is 16.2. The zero-order valence-corrected chi connectivity index (χ0v) is 9.50. The molecule has 1 aliphatic heterocycles. The Morgan fingerprint density at radius 3 is 2.67 bits per heavy atom. The van der Waals surface area contributed by atoms with Crippen LogP contribution in [-0.2, 0) is 4.79 Å². The van der Waals surface area contributed by atoms with Crippen molar-refractivity contribution in [2.75, 3.05) is 7.05 Å². The first kappa shape index (κ1) is 10.3. The Hall–Kier alpha value is -1.19. The van der Waals surface area contributed by atoms with Gasteiger partial charge in [0.1, 0.15) is 5.84 Å². The number of amides is 1. The zero-order valence-electron chi connectivity index (χ0n) is 9.50. The van der Waals surface area contributed by atoms with E-state index >= 15 is 0 Å². The summed E-state index contributed by atoms with van der Waals surface area (Å²) in [5, 5.41) is 2.80. The number of carbonyl (C=O) groups excluding carboxylic acids is 1. The normalized spacial score (nSPS) is 34.7. The molecule has 0 radical (unpaired) electrons. The number of aliphatic imine (C=N–C) groups is 2. The van der Waals surface area contributed by atoms with Gasteiger partial charge in [-0.15, -0.1) is 0 Å². The Morgan fingerprint density at radius 2 is 2.20 bits per heavy atom. The smallest absolute Gasteiger partial charge is 0.237 e. The molecular formula is C11H17N3O. The number of amidine groups is 1. The molecule has 2 fully saturated rings. The van der Waals surface area contributed by atoms with E-state index in [0.29, 0.717) is 12.5 Å². The van der Waals surface area contributed by atoms with E-state index in [1.807, 2.05) is 13.8 Å². The highest BCUT2D eigenvalue weighted by Crippen LogP contribution is 2.32. The Kier molecular flexibility index (Phi) is 2.37. The van der Waals surface area contributed by atoms with Crippen molar-refractivity contribution in [3.8, 4) is 0 Å². The Bertz CT molecular complexity index is 355. The van der Waals surface area contributed by atoms with Crippen LogP contribution in [-0.4, -0.2) is 30.5 Å². The summed E-state index contributed by atoms with van der Waals surface area (Å²) in [5.74, 6) is 0.804. The zero-order chi connectivity index (χ0) is 11.1. The third-order valence-electron chi connectivity index (χ3n) is 3.27. The van der Waals surface area contributed by atoms with E-state index in [1.165, 1.54) is 12.8 Å². The molecule has 1 amide bonds. The molecule has 1 unspecified atom stereocenters. The van der Waals surface area contributed by atoms with E-state index in [1.54, 1.807) is 7.05 Å². The predicted molar refractivity (Wildman–Crippen MR) is 60.4 cm³/mol. The van der Waals surface area contributed by atoms with Crippen LogP contribution in [0.2, 0.25) is 0 Å². The van der Waals surface area contributed by atoms with Crippen LogP contribution >= 0.6 is 0 Å². The topological polar surface area (TPSA) is 53.8 Å². The second kappa shape index (κ2) is 3.43. The molecular weight excluding hydrogens is 190 g/mol. The molecule has 0 aromatic rings. The summed E-state index contributed by atoms with van der Waals surface area (Å²) in [6, 6.07) is 0.470. The van der Waals surface area contributed by atoms with Crippen LogP contribution in [0.3, 0.4) is 0 Å². The third kappa shape index (κ3) is 1.80. The van der Waals surface area contributed by atoms with Gasteiger partial charge in [0.2, 0.25) is 5.91 Å². The molecule has 82 valence electrons. The molecule has 2 aliphatic rings. The Labute approximate surface area is 89.9 Å². The van der Waals surface area contributed by atoms with Gasteiger partial charge in [-0.3, -0.25) is 14.8 Å². The van der Waals surface area contributed by atoms with Crippen molar-refractivity contribution < 1.29 is 4.79 Å². The number of carbonyl (C=O) groups is 1. The molecule has 0 aromatic heterocycles. The minimum absolute atomic E-state index is 0.0324. The summed E-state index contributed by atoms with van der Waals surface area (Å²) < 4.78 is 0. The van der Waals surface area contributed by atoms with Crippen LogP contribution in [0, 0.1) is 5.41 Å². The van der Waals surface area contributed by atoms with Crippen LogP contribution in [0.4, 0.5) is 0 Å². The van der Waals surface area contributed by atoms with Crippen LogP contribution in [0.25, 0.3) is 0 Å². The molecule has 0 spiro atoms. The maximum atomic E-state index is 11.8. The SMILES string of the molecule is CN=C1CC(C)(C(C)=NC2CC2)C(=O)N1. The van der Waals surface area contributed by atoms with Gasteiger partial charge in [0.05, 0.1) is 11.5 Å². The molecule has 4 heteroatoms. The molecule has 0 aromatic carbocycles. The first-order valence-electron chi connectivity index (χ1n) is 5.38. The first-order valence-corrected chi connectivity index (χ1v) is 5.38. The Morgan fingerprint density at radius 1 is 1.53 bits per heavy atom. The molecule has 0 bridgehead atoms. The number of nitrogens with zero attached hydrogens (tertiary/aromatic N) is 2. The van der Waals surface area contributed by atoms with E-state index in [9.17, 15) is 4.79 Å². The van der Waals surface area contributed by atoms with Gasteiger partial charge in [0.25, 0.3) is 0 Å². The van der Waals surface area contributed by atoms with E-state index in [4.69, 9.17) is 0 Å². The van der Waals surface area contributed by atoms with Crippen molar-refractivity contribution in [1.82, 2.24) is 5.32 Å². The van der Waals surface area contributed by atoms with Crippen LogP contribution < -0.4 is 5.32 Å². The van der Waals surface area contributed by atoms with Crippen molar-refractivity contribution >= 4 is 17.5 Å². The van der Waals surface area contributed by atoms with Crippen LogP contribution in [0.5, 0.6) is 0 Å². The lowest BCUT2D eigenvalue weighted by molar-refractivity contribution is -0.123. The Balaban J connectivity index is 2.22. The predicted octanol–water partition coefficient (Wildman–Crippen LogP) is 1.16. The van der Waals surface area contributed by atoms with Crippen molar-refractivity contribution in [2.45, 2.75) is 39.2 Å². The number of rotatable bonds is 2. The minimum Gasteiger partial charge on any atom is -0.314 e. The lowest BCUT2D eigenvalue weighted by Gasteiger charge is -2.19. The second-order valence-electron chi connectivity index (χ2n) is 4.58. The lowest BCUT2D eigenvalue weighted by Crippen LogP contribution is -2.35. The molecule has 1 saturated heterocycles. The molecule has 1 heterocycles. The first-order chi connectivity index (χ1) is 7.06. The molecule has 1 aliphatic carbocycles. The molecule has 1 saturated carbocycles. The largest absolute Gasteiger partial charge is 0.314 e. The summed E-state index contributed by atoms with van der Waals surface area (Å²) in [6.45, 7) is 3.90. The number of hydrogen-bond donors (Lipinski definition) is 1. The second-order valence-corrected chi connectivity index (χ2v) is 4.58. The van der Waals surface area contributed by atoms with Gasteiger partial charge in [-0.25, -0.2) is 0 Å². The van der Waals surface area contributed by atoms with Crippen LogP contribution in [0.1, 0.15) is 33.1 Å². The van der Waals surface area contributed by atoms with Crippen LogP contribution in [0.15, 0.2) is 9.98 Å². The molecule has 15 heavy (non-hydrogen) atoms. The summed E-state index contributed by atoms with van der Waals surface area (Å²) in [5.41, 5.74) is 0.471. The fraction of sp³-hybridized carbons (Fsp3) is 0.727. The van der Waals surface area contributed by atoms with Gasteiger partial charge in [-0.1, -0.05) is 0 Å². The van der Waals surface area contributed by atoms with Gasteiger partial charge in [0, 0.05) is 19.2 Å². The fourth-order valence-electron chi connectivity index (χ4n) is 1.78. The van der Waals surface area contributed by atoms with Crippen molar-refractivity contribution in [3.63, 3.8) is 0 Å². The highest BCUT2D eigenvalue weighted by Gasteiger charge is 2.44. The van der Waals surface area contributed by atoms with E-state index < -0.39 is 5.41 Å². The molecule has 2 rings (SSSR count). The average Bonchev–Trinajstić information content (AvgIpc) is 2.94. The maximum absolute atomic E-state index is 11.8. The van der Waals surface area contributed by atoms with Gasteiger partial charge in [-0.05, 0) is 26.7 Å². The monoisotopic (exact) mass is 207 g/mol. The third-order valence-corrected chi connectivity index (χ3v) is 3.27. The summed E-state index contributed by atoms with van der Waals surface area (Å²) in [4.78, 5) is 20.4. The van der Waals surface area contributed by atoms with E-state index in [0.717, 1.165) is 11.5 Å². The van der Waals surface area contributed by atoms with E-state index in [-0.39, 0.29) is 5.91 Å². The van der Waals surface area contributed by atoms with Gasteiger partial charge in [0.15, 0.2) is 0 Å². The van der Waals surface area contributed by atoms with Crippen molar-refractivity contribution in [1.29, 1.82) is 0 Å². The summed E-state index contributed by atoms with van der Waals surface area (Å²) in [6.07, 6.45) is 3.00. The quantitative estimate of drug-likeness (QED) is 0.679. The van der Waals surface area contributed by atoms with Crippen molar-refractivity contribution in [3.05, 3.63) is 0 Å². The van der Waals surface area contributed by atoms with Crippen molar-refractivity contribution in [2.24, 2.45) is 15.4 Å². The maximum Gasteiger partial charge on any atom is 0.237 e. The summed E-state index contributed by atoms with van der Waals surface area (Å²) in [7, 11) is 1.70. The number of nitrogens with one attached hydrogen (secondary N) is 1. The molecule has 1 N–H and O–H groups in total. The van der Waals surface area contributed by atoms with Gasteiger partial charge >= 0.3 is 0 Å². The lowest BCUT2D eigenvalue weighted by atomic mass is 9.84. The number of hydrogen-bond acceptors (Lipinski definition) is 3.